The third-order valence-corrected chi connectivity index (χ3v) is 4.41. The van der Waals surface area contributed by atoms with E-state index in [2.05, 4.69) is 17.2 Å². The van der Waals surface area contributed by atoms with Crippen LogP contribution in [0, 0.1) is 0 Å². The molecular formula is C17H17N3O2S. The molecule has 0 atom stereocenters. The quantitative estimate of drug-likeness (QED) is 0.766. The van der Waals surface area contributed by atoms with E-state index in [1.807, 2.05) is 30.3 Å². The van der Waals surface area contributed by atoms with Gasteiger partial charge >= 0.3 is 0 Å². The number of hydrogen-bond acceptors (Lipinski definition) is 5. The lowest BCUT2D eigenvalue weighted by atomic mass is 10.1. The maximum absolute atomic E-state index is 12.4. The van der Waals surface area contributed by atoms with E-state index in [4.69, 9.17) is 10.5 Å². The summed E-state index contributed by atoms with van der Waals surface area (Å²) in [6, 6.07) is 11.2. The Labute approximate surface area is 138 Å². The van der Waals surface area contributed by atoms with Gasteiger partial charge in [0.1, 0.15) is 11.3 Å². The molecule has 2 aromatic carbocycles. The summed E-state index contributed by atoms with van der Waals surface area (Å²) in [7, 11) is 1.57. The standard InChI is InChI=1S/C17H17N3O2S/c1-3-10-4-6-11(7-5-10)16(21)19-12-8-13(22-2)15-14(9-12)23-17(18)20-15/h4-9H,3H2,1-2H3,(H2,18,20)(H,19,21). The molecule has 3 aromatic rings. The van der Waals surface area contributed by atoms with Crippen LogP contribution in [0.4, 0.5) is 10.8 Å². The topological polar surface area (TPSA) is 77.2 Å². The number of aryl methyl sites for hydroxylation is 1. The van der Waals surface area contributed by atoms with Crippen molar-refractivity contribution < 1.29 is 9.53 Å². The number of anilines is 2. The van der Waals surface area contributed by atoms with Gasteiger partial charge in [-0.3, -0.25) is 4.79 Å². The molecule has 0 saturated carbocycles. The summed E-state index contributed by atoms with van der Waals surface area (Å²) in [6.07, 6.45) is 0.947. The zero-order chi connectivity index (χ0) is 16.4. The van der Waals surface area contributed by atoms with Crippen molar-refractivity contribution in [1.82, 2.24) is 4.98 Å². The van der Waals surface area contributed by atoms with Crippen molar-refractivity contribution in [1.29, 1.82) is 0 Å². The highest BCUT2D eigenvalue weighted by Crippen LogP contribution is 2.34. The van der Waals surface area contributed by atoms with Crippen molar-refractivity contribution >= 4 is 38.3 Å². The van der Waals surface area contributed by atoms with Gasteiger partial charge in [-0.2, -0.15) is 0 Å². The summed E-state index contributed by atoms with van der Waals surface area (Å²) in [5.74, 6) is 0.429. The normalized spacial score (nSPS) is 10.7. The molecule has 5 nitrogen and oxygen atoms in total. The van der Waals surface area contributed by atoms with Gasteiger partial charge in [-0.05, 0) is 30.2 Å². The maximum atomic E-state index is 12.4. The second-order valence-corrected chi connectivity index (χ2v) is 6.14. The number of ether oxygens (including phenoxy) is 1. The fraction of sp³-hybridized carbons (Fsp3) is 0.176. The number of nitrogens with two attached hydrogens (primary N) is 1. The van der Waals surface area contributed by atoms with Crippen LogP contribution in [0.15, 0.2) is 36.4 Å². The summed E-state index contributed by atoms with van der Waals surface area (Å²) < 4.78 is 6.21. The molecule has 0 aliphatic carbocycles. The van der Waals surface area contributed by atoms with Crippen molar-refractivity contribution in [3.05, 3.63) is 47.5 Å². The minimum atomic E-state index is -0.161. The molecule has 1 amide bonds. The van der Waals surface area contributed by atoms with E-state index in [0.717, 1.165) is 11.1 Å². The Hall–Kier alpha value is -2.60. The number of nitrogens with zero attached hydrogens (tertiary/aromatic N) is 1. The molecule has 23 heavy (non-hydrogen) atoms. The molecule has 0 aliphatic heterocycles. The van der Waals surface area contributed by atoms with Gasteiger partial charge < -0.3 is 15.8 Å². The number of nitrogens with one attached hydrogen (secondary N) is 1. The van der Waals surface area contributed by atoms with Crippen molar-refractivity contribution in [2.24, 2.45) is 0 Å². The summed E-state index contributed by atoms with van der Waals surface area (Å²) in [5.41, 5.74) is 8.93. The summed E-state index contributed by atoms with van der Waals surface area (Å²) in [5, 5.41) is 3.36. The molecule has 0 saturated heterocycles. The predicted octanol–water partition coefficient (Wildman–Crippen LogP) is 3.70. The highest BCUT2D eigenvalue weighted by molar-refractivity contribution is 7.22. The molecule has 0 radical (unpaired) electrons. The van der Waals surface area contributed by atoms with Crippen molar-refractivity contribution in [3.63, 3.8) is 0 Å². The van der Waals surface area contributed by atoms with E-state index in [9.17, 15) is 4.79 Å². The van der Waals surface area contributed by atoms with Crippen LogP contribution in [-0.4, -0.2) is 18.0 Å². The third kappa shape index (κ3) is 3.12. The second kappa shape index (κ2) is 6.26. The highest BCUT2D eigenvalue weighted by atomic mass is 32.1. The van der Waals surface area contributed by atoms with Gasteiger partial charge in [0.15, 0.2) is 5.13 Å². The fourth-order valence-electron chi connectivity index (χ4n) is 2.34. The summed E-state index contributed by atoms with van der Waals surface area (Å²) >= 11 is 1.36. The number of aromatic nitrogens is 1. The van der Waals surface area contributed by atoms with E-state index < -0.39 is 0 Å². The molecule has 6 heteroatoms. The van der Waals surface area contributed by atoms with Crippen molar-refractivity contribution in [3.8, 4) is 5.75 Å². The summed E-state index contributed by atoms with van der Waals surface area (Å²) in [6.45, 7) is 2.08. The number of carbonyl (C=O) groups excluding carboxylic acids is 1. The average Bonchev–Trinajstić information content (AvgIpc) is 2.94. The number of methoxy groups -OCH3 is 1. The molecule has 0 bridgehead atoms. The number of rotatable bonds is 4. The van der Waals surface area contributed by atoms with Gasteiger partial charge in [-0.15, -0.1) is 0 Å². The molecule has 1 aromatic heterocycles. The number of fused-ring (bicyclic) bond motifs is 1. The Morgan fingerprint density at radius 2 is 2.04 bits per heavy atom. The van der Waals surface area contributed by atoms with E-state index in [1.165, 1.54) is 16.9 Å². The largest absolute Gasteiger partial charge is 0.494 e. The van der Waals surface area contributed by atoms with Crippen LogP contribution in [0.5, 0.6) is 5.75 Å². The molecule has 118 valence electrons. The van der Waals surface area contributed by atoms with Gasteiger partial charge in [-0.1, -0.05) is 30.4 Å². The number of thiazole rings is 1. The molecule has 3 N–H and O–H groups in total. The van der Waals surface area contributed by atoms with E-state index in [-0.39, 0.29) is 5.91 Å². The van der Waals surface area contributed by atoms with Gasteiger partial charge in [0.2, 0.25) is 0 Å². The average molecular weight is 327 g/mol. The van der Waals surface area contributed by atoms with Crippen molar-refractivity contribution in [2.75, 3.05) is 18.2 Å². The number of nitrogen functional groups attached to an aromatic ring is 1. The molecule has 1 heterocycles. The van der Waals surface area contributed by atoms with E-state index in [1.54, 1.807) is 13.2 Å². The van der Waals surface area contributed by atoms with Gasteiger partial charge in [-0.25, -0.2) is 4.98 Å². The summed E-state index contributed by atoms with van der Waals surface area (Å²) in [4.78, 5) is 16.6. The first-order valence-electron chi connectivity index (χ1n) is 7.25. The predicted molar refractivity (Wildman–Crippen MR) is 94.4 cm³/mol. The molecule has 3 rings (SSSR count). The smallest absolute Gasteiger partial charge is 0.255 e. The number of hydrogen-bond donors (Lipinski definition) is 2. The van der Waals surface area contributed by atoms with Crippen molar-refractivity contribution in [2.45, 2.75) is 13.3 Å². The Morgan fingerprint density at radius 1 is 1.30 bits per heavy atom. The van der Waals surface area contributed by atoms with Crippen LogP contribution in [0.25, 0.3) is 10.2 Å². The molecule has 0 aliphatic rings. The number of carbonyl (C=O) groups is 1. The molecule has 0 fully saturated rings. The third-order valence-electron chi connectivity index (χ3n) is 3.58. The minimum absolute atomic E-state index is 0.161. The van der Waals surface area contributed by atoms with Crippen LogP contribution in [0.1, 0.15) is 22.8 Å². The van der Waals surface area contributed by atoms with Gasteiger partial charge in [0.05, 0.1) is 11.8 Å². The molecular weight excluding hydrogens is 310 g/mol. The van der Waals surface area contributed by atoms with E-state index >= 15 is 0 Å². The lowest BCUT2D eigenvalue weighted by Gasteiger charge is -2.08. The highest BCUT2D eigenvalue weighted by Gasteiger charge is 2.12. The Kier molecular flexibility index (Phi) is 4.16. The van der Waals surface area contributed by atoms with E-state index in [0.29, 0.717) is 27.6 Å². The van der Waals surface area contributed by atoms with Crippen LogP contribution in [0.2, 0.25) is 0 Å². The zero-order valence-corrected chi connectivity index (χ0v) is 13.7. The van der Waals surface area contributed by atoms with Crippen LogP contribution in [0.3, 0.4) is 0 Å². The Bertz CT molecular complexity index is 856. The monoisotopic (exact) mass is 327 g/mol. The van der Waals surface area contributed by atoms with Gasteiger partial charge in [0.25, 0.3) is 5.91 Å². The zero-order valence-electron chi connectivity index (χ0n) is 12.9. The minimum Gasteiger partial charge on any atom is -0.494 e. The lowest BCUT2D eigenvalue weighted by molar-refractivity contribution is 0.102. The number of amides is 1. The van der Waals surface area contributed by atoms with Crippen LogP contribution < -0.4 is 15.8 Å². The maximum Gasteiger partial charge on any atom is 0.255 e. The first kappa shape index (κ1) is 15.3. The van der Waals surface area contributed by atoms with Gasteiger partial charge in [0, 0.05) is 17.3 Å². The Balaban J connectivity index is 1.89. The SMILES string of the molecule is CCc1ccc(C(=O)Nc2cc(OC)c3nc(N)sc3c2)cc1. The number of benzene rings is 2. The lowest BCUT2D eigenvalue weighted by Crippen LogP contribution is -2.11. The second-order valence-electron chi connectivity index (χ2n) is 5.08. The Morgan fingerprint density at radius 3 is 2.70 bits per heavy atom. The van der Waals surface area contributed by atoms with Crippen LogP contribution in [-0.2, 0) is 6.42 Å². The fourth-order valence-corrected chi connectivity index (χ4v) is 3.13. The molecule has 0 spiro atoms. The molecule has 0 unspecified atom stereocenters. The first-order valence-corrected chi connectivity index (χ1v) is 8.06. The first-order chi connectivity index (χ1) is 11.1. The van der Waals surface area contributed by atoms with Crippen LogP contribution >= 0.6 is 11.3 Å².